The summed E-state index contributed by atoms with van der Waals surface area (Å²) in [6.07, 6.45) is 6.84. The van der Waals surface area contributed by atoms with Crippen molar-refractivity contribution in [1.29, 1.82) is 0 Å². The summed E-state index contributed by atoms with van der Waals surface area (Å²) >= 11 is 1.48. The van der Waals surface area contributed by atoms with E-state index in [0.29, 0.717) is 18.3 Å². The number of aromatic nitrogens is 4. The molecule has 8 nitrogen and oxygen atoms in total. The van der Waals surface area contributed by atoms with Gasteiger partial charge in [0.25, 0.3) is 0 Å². The molecule has 4 heterocycles. The standard InChI is InChI=1S/C21H27N7OS/c1-3-22-21(29)26-19-13-16(30-27-19)12-15-6-10-28(11-7-15)18-5-4-17(25-14(18)2)20-23-8-9-24-20/h4-5,8-9,13,15H,3,6-7,10-12H2,1-2H3,(H,23,24)(H2,22,26,27,29). The number of hydrogen-bond donors (Lipinski definition) is 3. The van der Waals surface area contributed by atoms with Crippen LogP contribution in [0.4, 0.5) is 16.3 Å². The first-order chi connectivity index (χ1) is 14.6. The summed E-state index contributed by atoms with van der Waals surface area (Å²) in [5.41, 5.74) is 3.11. The van der Waals surface area contributed by atoms with Crippen LogP contribution in [0.15, 0.2) is 30.6 Å². The van der Waals surface area contributed by atoms with Gasteiger partial charge in [0.2, 0.25) is 0 Å². The maximum absolute atomic E-state index is 11.6. The summed E-state index contributed by atoms with van der Waals surface area (Å²) in [7, 11) is 0. The molecule has 1 fully saturated rings. The van der Waals surface area contributed by atoms with Gasteiger partial charge >= 0.3 is 6.03 Å². The molecule has 0 bridgehead atoms. The zero-order valence-corrected chi connectivity index (χ0v) is 18.1. The second-order valence-corrected chi connectivity index (χ2v) is 8.43. The summed E-state index contributed by atoms with van der Waals surface area (Å²) in [6, 6.07) is 5.98. The van der Waals surface area contributed by atoms with Gasteiger partial charge in [0, 0.05) is 36.9 Å². The number of anilines is 2. The predicted octanol–water partition coefficient (Wildman–Crippen LogP) is 3.84. The number of pyridine rings is 1. The molecule has 0 aliphatic carbocycles. The molecule has 9 heteroatoms. The molecule has 1 aliphatic rings. The number of urea groups is 1. The molecule has 0 radical (unpaired) electrons. The van der Waals surface area contributed by atoms with Gasteiger partial charge in [0.15, 0.2) is 5.82 Å². The molecule has 0 spiro atoms. The minimum absolute atomic E-state index is 0.204. The number of amides is 2. The number of hydrogen-bond acceptors (Lipinski definition) is 6. The Morgan fingerprint density at radius 1 is 1.33 bits per heavy atom. The van der Waals surface area contributed by atoms with Gasteiger partial charge in [-0.2, -0.15) is 4.37 Å². The molecule has 3 aromatic rings. The smallest absolute Gasteiger partial charge is 0.320 e. The molecular weight excluding hydrogens is 398 g/mol. The van der Waals surface area contributed by atoms with Crippen molar-refractivity contribution < 1.29 is 4.79 Å². The lowest BCUT2D eigenvalue weighted by Gasteiger charge is -2.34. The zero-order valence-electron chi connectivity index (χ0n) is 17.3. The van der Waals surface area contributed by atoms with Gasteiger partial charge in [0.1, 0.15) is 11.5 Å². The summed E-state index contributed by atoms with van der Waals surface area (Å²) in [5.74, 6) is 2.07. The fourth-order valence-corrected chi connectivity index (χ4v) is 4.67. The number of carbonyl (C=O) groups is 1. The summed E-state index contributed by atoms with van der Waals surface area (Å²) < 4.78 is 4.35. The first kappa shape index (κ1) is 20.3. The average Bonchev–Trinajstić information content (AvgIpc) is 3.41. The van der Waals surface area contributed by atoms with E-state index in [0.717, 1.165) is 49.6 Å². The number of aromatic amines is 1. The Labute approximate surface area is 180 Å². The summed E-state index contributed by atoms with van der Waals surface area (Å²) in [4.78, 5) is 27.4. The minimum atomic E-state index is -0.204. The van der Waals surface area contributed by atoms with Crippen LogP contribution in [0.1, 0.15) is 30.3 Å². The number of nitrogens with zero attached hydrogens (tertiary/aromatic N) is 4. The Balaban J connectivity index is 1.31. The molecule has 0 atom stereocenters. The highest BCUT2D eigenvalue weighted by atomic mass is 32.1. The molecule has 4 rings (SSSR count). The maximum atomic E-state index is 11.6. The Bertz CT molecular complexity index is 977. The van der Waals surface area contributed by atoms with E-state index in [9.17, 15) is 4.79 Å². The topological polar surface area (TPSA) is 98.8 Å². The van der Waals surface area contributed by atoms with E-state index < -0.39 is 0 Å². The van der Waals surface area contributed by atoms with Crippen LogP contribution in [0.2, 0.25) is 0 Å². The molecule has 1 saturated heterocycles. The van der Waals surface area contributed by atoms with E-state index >= 15 is 0 Å². The first-order valence-corrected chi connectivity index (χ1v) is 11.1. The monoisotopic (exact) mass is 425 g/mol. The van der Waals surface area contributed by atoms with Crippen molar-refractivity contribution >= 4 is 29.1 Å². The summed E-state index contributed by atoms with van der Waals surface area (Å²) in [6.45, 7) is 6.60. The van der Waals surface area contributed by atoms with Crippen LogP contribution in [-0.4, -0.2) is 45.0 Å². The number of H-pyrrole nitrogens is 1. The third-order valence-electron chi connectivity index (χ3n) is 5.38. The van der Waals surface area contributed by atoms with Crippen molar-refractivity contribution in [1.82, 2.24) is 24.6 Å². The Kier molecular flexibility index (Phi) is 6.27. The van der Waals surface area contributed by atoms with Crippen LogP contribution in [-0.2, 0) is 6.42 Å². The largest absolute Gasteiger partial charge is 0.370 e. The number of piperidine rings is 1. The molecule has 30 heavy (non-hydrogen) atoms. The maximum Gasteiger partial charge on any atom is 0.320 e. The van der Waals surface area contributed by atoms with Crippen LogP contribution in [0, 0.1) is 12.8 Å². The molecule has 3 aromatic heterocycles. The molecule has 0 aromatic carbocycles. The molecule has 1 aliphatic heterocycles. The number of nitrogens with one attached hydrogen (secondary N) is 3. The minimum Gasteiger partial charge on any atom is -0.370 e. The van der Waals surface area contributed by atoms with Gasteiger partial charge < -0.3 is 15.2 Å². The molecule has 158 valence electrons. The van der Waals surface area contributed by atoms with Gasteiger partial charge in [-0.25, -0.2) is 14.8 Å². The number of carbonyl (C=O) groups excluding carboxylic acids is 1. The van der Waals surface area contributed by atoms with Gasteiger partial charge in [-0.3, -0.25) is 5.32 Å². The summed E-state index contributed by atoms with van der Waals surface area (Å²) in [5, 5.41) is 5.50. The lowest BCUT2D eigenvalue weighted by Crippen LogP contribution is -2.34. The first-order valence-electron chi connectivity index (χ1n) is 10.3. The molecular formula is C21H27N7OS. The van der Waals surface area contributed by atoms with Gasteiger partial charge in [-0.15, -0.1) is 0 Å². The van der Waals surface area contributed by atoms with Gasteiger partial charge in [0.05, 0.1) is 11.4 Å². The lowest BCUT2D eigenvalue weighted by atomic mass is 9.92. The third kappa shape index (κ3) is 4.79. The number of rotatable bonds is 6. The third-order valence-corrected chi connectivity index (χ3v) is 6.19. The molecule has 0 unspecified atom stereocenters. The van der Waals surface area contributed by atoms with E-state index in [1.54, 1.807) is 6.20 Å². The van der Waals surface area contributed by atoms with E-state index in [2.05, 4.69) is 42.9 Å². The van der Waals surface area contributed by atoms with Crippen LogP contribution in [0.5, 0.6) is 0 Å². The fourth-order valence-electron chi connectivity index (χ4n) is 3.88. The van der Waals surface area contributed by atoms with E-state index in [-0.39, 0.29) is 6.03 Å². The lowest BCUT2D eigenvalue weighted by molar-refractivity contribution is 0.252. The normalized spacial score (nSPS) is 14.7. The van der Waals surface area contributed by atoms with E-state index in [1.807, 2.05) is 25.3 Å². The van der Waals surface area contributed by atoms with Crippen molar-refractivity contribution in [3.63, 3.8) is 0 Å². The molecule has 3 N–H and O–H groups in total. The molecule has 2 amide bonds. The fraction of sp³-hybridized carbons (Fsp3) is 0.429. The Morgan fingerprint density at radius 3 is 2.87 bits per heavy atom. The van der Waals surface area contributed by atoms with Crippen molar-refractivity contribution in [2.75, 3.05) is 29.9 Å². The highest BCUT2D eigenvalue weighted by Crippen LogP contribution is 2.29. The van der Waals surface area contributed by atoms with Gasteiger partial charge in [-0.05, 0) is 68.8 Å². The highest BCUT2D eigenvalue weighted by Gasteiger charge is 2.22. The second-order valence-electron chi connectivity index (χ2n) is 7.54. The van der Waals surface area contributed by atoms with Crippen molar-refractivity contribution in [3.8, 4) is 11.5 Å². The quantitative estimate of drug-likeness (QED) is 0.557. The highest BCUT2D eigenvalue weighted by molar-refractivity contribution is 7.06. The van der Waals surface area contributed by atoms with E-state index in [4.69, 9.17) is 4.98 Å². The van der Waals surface area contributed by atoms with Crippen molar-refractivity contribution in [2.24, 2.45) is 5.92 Å². The second kappa shape index (κ2) is 9.25. The Hall–Kier alpha value is -2.94. The van der Waals surface area contributed by atoms with Crippen LogP contribution in [0.3, 0.4) is 0 Å². The number of imidazole rings is 1. The van der Waals surface area contributed by atoms with Crippen molar-refractivity contribution in [3.05, 3.63) is 41.2 Å². The SMILES string of the molecule is CCNC(=O)Nc1cc(CC2CCN(c3ccc(-c4ncc[nH]4)nc3C)CC2)sn1. The number of aryl methyl sites for hydroxylation is 1. The van der Waals surface area contributed by atoms with Crippen LogP contribution >= 0.6 is 11.5 Å². The predicted molar refractivity (Wildman–Crippen MR) is 120 cm³/mol. The van der Waals surface area contributed by atoms with Crippen molar-refractivity contribution in [2.45, 2.75) is 33.1 Å². The molecule has 0 saturated carbocycles. The Morgan fingerprint density at radius 2 is 2.17 bits per heavy atom. The van der Waals surface area contributed by atoms with E-state index in [1.165, 1.54) is 22.1 Å². The zero-order chi connectivity index (χ0) is 20.9. The van der Waals surface area contributed by atoms with Crippen LogP contribution in [0.25, 0.3) is 11.5 Å². The van der Waals surface area contributed by atoms with Crippen LogP contribution < -0.4 is 15.5 Å². The van der Waals surface area contributed by atoms with Gasteiger partial charge in [-0.1, -0.05) is 0 Å². The average molecular weight is 426 g/mol.